The number of hydrogen-bond acceptors (Lipinski definition) is 7. The molecule has 4 aliphatic rings. The Kier molecular flexibility index (Phi) is 8.55. The summed E-state index contributed by atoms with van der Waals surface area (Å²) in [7, 11) is 3.22. The molecular formula is C45H42N2O7. The number of para-hydroxylation sites is 1. The summed E-state index contributed by atoms with van der Waals surface area (Å²) in [6.45, 7) is 5.52. The average Bonchev–Trinajstić information content (AvgIpc) is 3.55. The van der Waals surface area contributed by atoms with E-state index in [-0.39, 0.29) is 35.8 Å². The minimum Gasteiger partial charge on any atom is -0.507 e. The van der Waals surface area contributed by atoms with Crippen LogP contribution in [0, 0.1) is 42.9 Å². The first-order valence-electron chi connectivity index (χ1n) is 18.3. The van der Waals surface area contributed by atoms with Gasteiger partial charge >= 0.3 is 0 Å². The lowest BCUT2D eigenvalue weighted by atomic mass is 9.51. The van der Waals surface area contributed by atoms with Crippen LogP contribution in [0.2, 0.25) is 0 Å². The fourth-order valence-corrected chi connectivity index (χ4v) is 9.52. The third-order valence-electron chi connectivity index (χ3n) is 12.2. The van der Waals surface area contributed by atoms with Crippen molar-refractivity contribution in [2.24, 2.45) is 29.1 Å². The molecular weight excluding hydrogens is 681 g/mol. The van der Waals surface area contributed by atoms with Gasteiger partial charge in [-0.1, -0.05) is 66.3 Å². The van der Waals surface area contributed by atoms with Crippen LogP contribution in [0.1, 0.15) is 53.5 Å². The number of anilines is 2. The Morgan fingerprint density at radius 2 is 1.44 bits per heavy atom. The summed E-state index contributed by atoms with van der Waals surface area (Å²) >= 11 is 0. The van der Waals surface area contributed by atoms with Crippen LogP contribution in [-0.2, 0) is 19.2 Å². The van der Waals surface area contributed by atoms with Crippen molar-refractivity contribution in [2.45, 2.75) is 39.5 Å². The highest BCUT2D eigenvalue weighted by Crippen LogP contribution is 2.64. The summed E-state index contributed by atoms with van der Waals surface area (Å²) in [5.41, 5.74) is 4.60. The largest absolute Gasteiger partial charge is 0.507 e. The molecule has 4 amide bonds. The maximum atomic E-state index is 14.6. The van der Waals surface area contributed by atoms with Crippen molar-refractivity contribution in [1.29, 1.82) is 0 Å². The first-order chi connectivity index (χ1) is 26.0. The molecule has 2 aliphatic heterocycles. The summed E-state index contributed by atoms with van der Waals surface area (Å²) < 4.78 is 10.9. The summed E-state index contributed by atoms with van der Waals surface area (Å²) in [6, 6.07) is 25.6. The van der Waals surface area contributed by atoms with Gasteiger partial charge in [-0.25, -0.2) is 4.90 Å². The van der Waals surface area contributed by atoms with E-state index in [0.717, 1.165) is 22.3 Å². The van der Waals surface area contributed by atoms with E-state index in [1.165, 1.54) is 9.80 Å². The van der Waals surface area contributed by atoms with Crippen LogP contribution < -0.4 is 19.3 Å². The summed E-state index contributed by atoms with van der Waals surface area (Å²) in [5, 5.41) is 10.7. The average molecular weight is 723 g/mol. The van der Waals surface area contributed by atoms with Crippen LogP contribution in [0.5, 0.6) is 17.2 Å². The van der Waals surface area contributed by atoms with E-state index in [9.17, 15) is 24.3 Å². The number of carbonyl (C=O) groups excluding carboxylic acids is 4. The van der Waals surface area contributed by atoms with Gasteiger partial charge in [-0.2, -0.15) is 0 Å². The maximum absolute atomic E-state index is 14.6. The molecule has 1 saturated carbocycles. The van der Waals surface area contributed by atoms with E-state index in [0.29, 0.717) is 40.4 Å². The molecule has 4 aromatic carbocycles. The molecule has 6 atom stereocenters. The third-order valence-corrected chi connectivity index (χ3v) is 12.2. The number of benzene rings is 4. The van der Waals surface area contributed by atoms with Crippen molar-refractivity contribution in [2.75, 3.05) is 24.0 Å². The van der Waals surface area contributed by atoms with Gasteiger partial charge in [0, 0.05) is 11.5 Å². The SMILES string of the molecule is COc1ccc(OC)c(C=Cc2ccc(N3C(=O)[C@H]4[C@H](CC=C5[C@H]4C[C@H]4C(=O)N(c6ccccc6)C(=O)[C@@]4(C)[C@H]5c4cc(C)c(O)c(C)c4)C3=O)cc2)c1. The molecule has 3 fully saturated rings. The standard InChI is InChI=1S/C45H42N2O7/c1-25-21-29(22-26(2)40(25)48)39-33-18-19-34-38(35(33)24-36-42(50)47(44(52)45(36,39)3)30-9-7-6-8-10-30)43(51)46(41(34)49)31-15-12-27(13-16-31)11-14-28-23-32(53-4)17-20-37(28)54-5/h6-18,20-23,34-36,38-39,48H,19,24H2,1-5H3/t34-,35+,36-,38-,39-,45+/m0/s1. The minimum absolute atomic E-state index is 0.180. The molecule has 2 heterocycles. The monoisotopic (exact) mass is 722 g/mol. The van der Waals surface area contributed by atoms with Crippen LogP contribution in [-0.4, -0.2) is 43.0 Å². The molecule has 274 valence electrons. The van der Waals surface area contributed by atoms with Crippen molar-refractivity contribution in [3.63, 3.8) is 0 Å². The number of nitrogens with zero attached hydrogens (tertiary/aromatic N) is 2. The van der Waals surface area contributed by atoms with Crippen molar-refractivity contribution in [3.8, 4) is 17.2 Å². The number of carbonyl (C=O) groups is 4. The molecule has 0 aromatic heterocycles. The van der Waals surface area contributed by atoms with Crippen molar-refractivity contribution >= 4 is 47.2 Å². The van der Waals surface area contributed by atoms with Gasteiger partial charge in [-0.05, 0) is 104 Å². The molecule has 0 radical (unpaired) electrons. The van der Waals surface area contributed by atoms with Gasteiger partial charge in [-0.3, -0.25) is 24.1 Å². The topological polar surface area (TPSA) is 113 Å². The molecule has 0 spiro atoms. The molecule has 0 unspecified atom stereocenters. The second-order valence-corrected chi connectivity index (χ2v) is 15.0. The smallest absolute Gasteiger partial charge is 0.241 e. The van der Waals surface area contributed by atoms with Crippen LogP contribution in [0.4, 0.5) is 11.4 Å². The molecule has 54 heavy (non-hydrogen) atoms. The van der Waals surface area contributed by atoms with Gasteiger partial charge in [0.2, 0.25) is 23.6 Å². The van der Waals surface area contributed by atoms with E-state index >= 15 is 0 Å². The first kappa shape index (κ1) is 35.1. The number of allylic oxidation sites excluding steroid dienone is 2. The molecule has 4 aromatic rings. The maximum Gasteiger partial charge on any atom is 0.241 e. The number of imide groups is 2. The highest BCUT2D eigenvalue weighted by Gasteiger charge is 2.67. The van der Waals surface area contributed by atoms with Gasteiger partial charge in [-0.15, -0.1) is 0 Å². The lowest BCUT2D eigenvalue weighted by Gasteiger charge is -2.49. The number of rotatable bonds is 7. The molecule has 2 aliphatic carbocycles. The predicted molar refractivity (Wildman–Crippen MR) is 206 cm³/mol. The number of phenolic OH excluding ortho intramolecular Hbond substituents is 1. The van der Waals surface area contributed by atoms with E-state index in [2.05, 4.69) is 0 Å². The Balaban J connectivity index is 1.14. The summed E-state index contributed by atoms with van der Waals surface area (Å²) in [4.78, 5) is 60.4. The van der Waals surface area contributed by atoms with Crippen LogP contribution in [0.15, 0.2) is 96.6 Å². The quantitative estimate of drug-likeness (QED) is 0.119. The second-order valence-electron chi connectivity index (χ2n) is 15.0. The van der Waals surface area contributed by atoms with Crippen LogP contribution in [0.25, 0.3) is 12.2 Å². The highest BCUT2D eigenvalue weighted by atomic mass is 16.5. The van der Waals surface area contributed by atoms with Crippen LogP contribution >= 0.6 is 0 Å². The normalized spacial score (nSPS) is 26.2. The zero-order valence-electron chi connectivity index (χ0n) is 30.9. The predicted octanol–water partition coefficient (Wildman–Crippen LogP) is 7.63. The van der Waals surface area contributed by atoms with Crippen molar-refractivity contribution in [1.82, 2.24) is 0 Å². The Hall–Kier alpha value is -5.96. The minimum atomic E-state index is -1.15. The highest BCUT2D eigenvalue weighted by molar-refractivity contribution is 6.25. The number of ether oxygens (including phenoxy) is 2. The number of amides is 4. The summed E-state index contributed by atoms with van der Waals surface area (Å²) in [6.07, 6.45) is 6.51. The van der Waals surface area contributed by atoms with Gasteiger partial charge in [0.05, 0.1) is 48.8 Å². The zero-order valence-corrected chi connectivity index (χ0v) is 30.9. The van der Waals surface area contributed by atoms with Gasteiger partial charge in [0.15, 0.2) is 0 Å². The Labute approximate surface area is 314 Å². The molecule has 8 rings (SSSR count). The Bertz CT molecular complexity index is 2250. The Morgan fingerprint density at radius 1 is 0.759 bits per heavy atom. The van der Waals surface area contributed by atoms with Gasteiger partial charge in [0.1, 0.15) is 17.2 Å². The third kappa shape index (κ3) is 5.28. The fraction of sp³-hybridized carbons (Fsp3) is 0.289. The van der Waals surface area contributed by atoms with E-state index < -0.39 is 35.0 Å². The Morgan fingerprint density at radius 3 is 2.11 bits per heavy atom. The number of aromatic hydroxyl groups is 1. The lowest BCUT2D eigenvalue weighted by Crippen LogP contribution is -2.49. The number of phenols is 1. The molecule has 9 nitrogen and oxygen atoms in total. The number of methoxy groups -OCH3 is 2. The van der Waals surface area contributed by atoms with Crippen LogP contribution in [0.3, 0.4) is 0 Å². The number of fused-ring (bicyclic) bond motifs is 4. The van der Waals surface area contributed by atoms with Gasteiger partial charge in [0.25, 0.3) is 0 Å². The lowest BCUT2D eigenvalue weighted by molar-refractivity contribution is -0.131. The van der Waals surface area contributed by atoms with Gasteiger partial charge < -0.3 is 14.6 Å². The van der Waals surface area contributed by atoms with E-state index in [4.69, 9.17) is 9.47 Å². The second kappa shape index (κ2) is 13.2. The van der Waals surface area contributed by atoms with Crippen molar-refractivity contribution in [3.05, 3.63) is 124 Å². The van der Waals surface area contributed by atoms with E-state index in [1.54, 1.807) is 50.6 Å². The number of aryl methyl sites for hydroxylation is 2. The fourth-order valence-electron chi connectivity index (χ4n) is 9.52. The molecule has 9 heteroatoms. The zero-order chi connectivity index (χ0) is 38.1. The molecule has 1 N–H and O–H groups in total. The van der Waals surface area contributed by atoms with Crippen molar-refractivity contribution < 1.29 is 33.8 Å². The summed E-state index contributed by atoms with van der Waals surface area (Å²) in [5.74, 6) is -2.52. The molecule has 2 saturated heterocycles. The first-order valence-corrected chi connectivity index (χ1v) is 18.3. The molecule has 0 bridgehead atoms. The number of hydrogen-bond donors (Lipinski definition) is 1. The van der Waals surface area contributed by atoms with E-state index in [1.807, 2.05) is 87.5 Å².